The van der Waals surface area contributed by atoms with Crippen LogP contribution in [0, 0.1) is 12.7 Å². The summed E-state index contributed by atoms with van der Waals surface area (Å²) in [4.78, 5) is 4.37. The molecule has 20 heavy (non-hydrogen) atoms. The Balaban J connectivity index is 2.14. The lowest BCUT2D eigenvalue weighted by atomic mass is 10.1. The third-order valence-electron chi connectivity index (χ3n) is 3.23. The van der Waals surface area contributed by atoms with Crippen LogP contribution in [0.2, 0.25) is 0 Å². The summed E-state index contributed by atoms with van der Waals surface area (Å²) in [5.74, 6) is 0.767. The van der Waals surface area contributed by atoms with E-state index in [4.69, 9.17) is 0 Å². The van der Waals surface area contributed by atoms with Crippen LogP contribution in [0.1, 0.15) is 37.7 Å². The van der Waals surface area contributed by atoms with E-state index in [1.807, 2.05) is 19.2 Å². The number of imidazole rings is 1. The fraction of sp³-hybridized carbons (Fsp3) is 0.438. The van der Waals surface area contributed by atoms with Gasteiger partial charge >= 0.3 is 0 Å². The van der Waals surface area contributed by atoms with Gasteiger partial charge in [-0.2, -0.15) is 0 Å². The van der Waals surface area contributed by atoms with E-state index in [0.717, 1.165) is 17.0 Å². The first kappa shape index (κ1) is 14.7. The Morgan fingerprint density at radius 1 is 1.30 bits per heavy atom. The van der Waals surface area contributed by atoms with E-state index in [-0.39, 0.29) is 11.4 Å². The molecule has 0 bridgehead atoms. The number of hydrogen-bond donors (Lipinski definition) is 1. The molecule has 1 N–H and O–H groups in total. The molecule has 0 aliphatic heterocycles. The van der Waals surface area contributed by atoms with Gasteiger partial charge in [0, 0.05) is 24.5 Å². The molecule has 2 rings (SSSR count). The minimum Gasteiger partial charge on any atom is -0.329 e. The zero-order valence-electron chi connectivity index (χ0n) is 12.6. The highest BCUT2D eigenvalue weighted by Gasteiger charge is 2.11. The molecule has 3 nitrogen and oxygen atoms in total. The number of hydrogen-bond acceptors (Lipinski definition) is 2. The molecule has 0 fully saturated rings. The van der Waals surface area contributed by atoms with Crippen LogP contribution >= 0.6 is 0 Å². The molecule has 0 aliphatic carbocycles. The highest BCUT2D eigenvalue weighted by molar-refractivity contribution is 5.27. The van der Waals surface area contributed by atoms with Gasteiger partial charge in [-0.25, -0.2) is 9.37 Å². The van der Waals surface area contributed by atoms with Crippen molar-refractivity contribution in [1.29, 1.82) is 0 Å². The van der Waals surface area contributed by atoms with Crippen molar-refractivity contribution >= 4 is 0 Å². The Labute approximate surface area is 119 Å². The summed E-state index contributed by atoms with van der Waals surface area (Å²) >= 11 is 0. The molecule has 0 amide bonds. The molecular weight excluding hydrogens is 253 g/mol. The predicted octanol–water partition coefficient (Wildman–Crippen LogP) is 3.27. The molecule has 1 aromatic carbocycles. The average molecular weight is 275 g/mol. The van der Waals surface area contributed by atoms with Gasteiger partial charge in [0.05, 0.1) is 6.54 Å². The fourth-order valence-corrected chi connectivity index (χ4v) is 1.99. The summed E-state index contributed by atoms with van der Waals surface area (Å²) < 4.78 is 15.4. The first-order valence-corrected chi connectivity index (χ1v) is 6.85. The summed E-state index contributed by atoms with van der Waals surface area (Å²) in [5.41, 5.74) is 2.13. The van der Waals surface area contributed by atoms with Crippen molar-refractivity contribution in [2.24, 2.45) is 0 Å². The van der Waals surface area contributed by atoms with Crippen molar-refractivity contribution in [3.8, 4) is 0 Å². The second-order valence-corrected chi connectivity index (χ2v) is 6.15. The number of nitrogens with zero attached hydrogens (tertiary/aromatic N) is 2. The quantitative estimate of drug-likeness (QED) is 0.928. The normalized spacial score (nSPS) is 11.8. The zero-order valence-corrected chi connectivity index (χ0v) is 12.6. The summed E-state index contributed by atoms with van der Waals surface area (Å²) in [7, 11) is 0. The minimum absolute atomic E-state index is 0.0472. The SMILES string of the molecule is Cc1ccc(F)cc1Cn1ccnc1CNC(C)(C)C. The first-order valence-electron chi connectivity index (χ1n) is 6.85. The fourth-order valence-electron chi connectivity index (χ4n) is 1.99. The number of halogens is 1. The third-order valence-corrected chi connectivity index (χ3v) is 3.23. The largest absolute Gasteiger partial charge is 0.329 e. The van der Waals surface area contributed by atoms with Crippen molar-refractivity contribution in [3.05, 3.63) is 53.4 Å². The van der Waals surface area contributed by atoms with Gasteiger partial charge in [0.25, 0.3) is 0 Å². The van der Waals surface area contributed by atoms with E-state index in [1.54, 1.807) is 12.3 Å². The van der Waals surface area contributed by atoms with Gasteiger partial charge in [-0.15, -0.1) is 0 Å². The maximum absolute atomic E-state index is 13.3. The summed E-state index contributed by atoms with van der Waals surface area (Å²) in [5, 5.41) is 3.42. The molecule has 0 saturated heterocycles. The second kappa shape index (κ2) is 5.75. The number of rotatable bonds is 4. The van der Waals surface area contributed by atoms with E-state index in [1.165, 1.54) is 6.07 Å². The summed E-state index contributed by atoms with van der Waals surface area (Å²) in [6.45, 7) is 9.71. The van der Waals surface area contributed by atoms with E-state index in [9.17, 15) is 4.39 Å². The lowest BCUT2D eigenvalue weighted by molar-refractivity contribution is 0.413. The standard InChI is InChI=1S/C16H22FN3/c1-12-5-6-14(17)9-13(12)11-20-8-7-18-15(20)10-19-16(2,3)4/h5-9,19H,10-11H2,1-4H3. The Bertz CT molecular complexity index is 582. The Hall–Kier alpha value is -1.68. The molecule has 0 spiro atoms. The van der Waals surface area contributed by atoms with Crippen LogP contribution in [0.25, 0.3) is 0 Å². The van der Waals surface area contributed by atoms with Crippen molar-refractivity contribution in [3.63, 3.8) is 0 Å². The number of benzene rings is 1. The van der Waals surface area contributed by atoms with Gasteiger partial charge in [-0.05, 0) is 51.0 Å². The van der Waals surface area contributed by atoms with Crippen LogP contribution in [0.3, 0.4) is 0 Å². The van der Waals surface area contributed by atoms with Gasteiger partial charge in [0.1, 0.15) is 11.6 Å². The second-order valence-electron chi connectivity index (χ2n) is 6.15. The van der Waals surface area contributed by atoms with Gasteiger partial charge in [0.15, 0.2) is 0 Å². The monoisotopic (exact) mass is 275 g/mol. The number of aromatic nitrogens is 2. The first-order chi connectivity index (χ1) is 9.35. The van der Waals surface area contributed by atoms with Gasteiger partial charge in [-0.1, -0.05) is 6.07 Å². The van der Waals surface area contributed by atoms with Crippen LogP contribution in [-0.4, -0.2) is 15.1 Å². The smallest absolute Gasteiger partial charge is 0.123 e. The van der Waals surface area contributed by atoms with Crippen molar-refractivity contribution in [2.45, 2.75) is 46.3 Å². The molecule has 0 aliphatic rings. The molecule has 0 saturated carbocycles. The van der Waals surface area contributed by atoms with E-state index in [2.05, 4.69) is 35.6 Å². The average Bonchev–Trinajstić information content (AvgIpc) is 2.78. The molecule has 0 radical (unpaired) electrons. The van der Waals surface area contributed by atoms with E-state index >= 15 is 0 Å². The predicted molar refractivity (Wildman–Crippen MR) is 79.1 cm³/mol. The topological polar surface area (TPSA) is 29.9 Å². The lowest BCUT2D eigenvalue weighted by Gasteiger charge is -2.20. The molecule has 1 aromatic heterocycles. The van der Waals surface area contributed by atoms with Gasteiger partial charge in [0.2, 0.25) is 0 Å². The van der Waals surface area contributed by atoms with Crippen molar-refractivity contribution in [1.82, 2.24) is 14.9 Å². The van der Waals surface area contributed by atoms with Crippen molar-refractivity contribution < 1.29 is 4.39 Å². The summed E-state index contributed by atoms with van der Waals surface area (Å²) in [6, 6.07) is 4.90. The molecule has 0 unspecified atom stereocenters. The third kappa shape index (κ3) is 3.90. The van der Waals surface area contributed by atoms with Crippen LogP contribution in [0.15, 0.2) is 30.6 Å². The zero-order chi connectivity index (χ0) is 14.8. The van der Waals surface area contributed by atoms with E-state index in [0.29, 0.717) is 13.1 Å². The maximum Gasteiger partial charge on any atom is 0.123 e. The summed E-state index contributed by atoms with van der Waals surface area (Å²) in [6.07, 6.45) is 3.72. The highest BCUT2D eigenvalue weighted by Crippen LogP contribution is 2.13. The maximum atomic E-state index is 13.3. The molecule has 4 heteroatoms. The van der Waals surface area contributed by atoms with Crippen LogP contribution in [0.4, 0.5) is 4.39 Å². The molecule has 108 valence electrons. The molecular formula is C16H22FN3. The Morgan fingerprint density at radius 2 is 2.05 bits per heavy atom. The molecule has 2 aromatic rings. The van der Waals surface area contributed by atoms with Crippen LogP contribution in [0.5, 0.6) is 0 Å². The minimum atomic E-state index is -0.194. The Morgan fingerprint density at radius 3 is 2.75 bits per heavy atom. The van der Waals surface area contributed by atoms with Crippen LogP contribution < -0.4 is 5.32 Å². The number of aryl methyl sites for hydroxylation is 1. The van der Waals surface area contributed by atoms with Gasteiger partial charge in [-0.3, -0.25) is 0 Å². The molecule has 0 atom stereocenters. The van der Waals surface area contributed by atoms with E-state index < -0.39 is 0 Å². The van der Waals surface area contributed by atoms with Gasteiger partial charge < -0.3 is 9.88 Å². The number of nitrogens with one attached hydrogen (secondary N) is 1. The highest BCUT2D eigenvalue weighted by atomic mass is 19.1. The molecule has 1 heterocycles. The van der Waals surface area contributed by atoms with Crippen molar-refractivity contribution in [2.75, 3.05) is 0 Å². The van der Waals surface area contributed by atoms with Crippen LogP contribution in [-0.2, 0) is 13.1 Å². The lowest BCUT2D eigenvalue weighted by Crippen LogP contribution is -2.36. The Kier molecular flexibility index (Phi) is 4.23.